The van der Waals surface area contributed by atoms with Gasteiger partial charge in [0.25, 0.3) is 0 Å². The van der Waals surface area contributed by atoms with E-state index in [9.17, 15) is 9.50 Å². The number of nitrogens with two attached hydrogens (primary N) is 1. The number of phenols is 1. The van der Waals surface area contributed by atoms with E-state index in [1.165, 1.54) is 17.0 Å². The van der Waals surface area contributed by atoms with Crippen LogP contribution in [0.25, 0.3) is 0 Å². The minimum Gasteiger partial charge on any atom is -0.508 e. The third-order valence-electron chi connectivity index (χ3n) is 3.95. The first kappa shape index (κ1) is 20.7. The van der Waals surface area contributed by atoms with Gasteiger partial charge in [-0.1, -0.05) is 29.3 Å². The Morgan fingerprint density at radius 3 is 2.79 bits per heavy atom. The van der Waals surface area contributed by atoms with Crippen molar-refractivity contribution >= 4 is 40.4 Å². The third-order valence-corrected chi connectivity index (χ3v) is 5.57. The van der Waals surface area contributed by atoms with E-state index >= 15 is 0 Å². The monoisotopic (exact) mass is 441 g/mol. The molecule has 3 aromatic rings. The zero-order valence-electron chi connectivity index (χ0n) is 14.9. The molecule has 2 heterocycles. The van der Waals surface area contributed by atoms with Crippen molar-refractivity contribution in [1.29, 1.82) is 0 Å². The lowest BCUT2D eigenvalue weighted by Crippen LogP contribution is -2.08. The summed E-state index contributed by atoms with van der Waals surface area (Å²) < 4.78 is 19.9. The van der Waals surface area contributed by atoms with Gasteiger partial charge >= 0.3 is 0 Å². The maximum atomic E-state index is 14.2. The summed E-state index contributed by atoms with van der Waals surface area (Å²) in [5, 5.41) is 14.6. The minimum absolute atomic E-state index is 0.0383. The lowest BCUT2D eigenvalue weighted by atomic mass is 10.1. The summed E-state index contributed by atoms with van der Waals surface area (Å²) in [4.78, 5) is 4.96. The van der Waals surface area contributed by atoms with E-state index in [1.807, 2.05) is 17.5 Å². The molecule has 4 N–H and O–H groups in total. The average Bonchev–Trinajstić information content (AvgIpc) is 3.17. The lowest BCUT2D eigenvalue weighted by molar-refractivity contribution is 0.451. The number of rotatable bonds is 7. The van der Waals surface area contributed by atoms with Crippen LogP contribution in [0.4, 0.5) is 10.2 Å². The SMILES string of the molecule is CC(N)c1cc(Oc2c(Cl)c(F)nc(NCCc3cccs3)c2Cl)ccc1O. The highest BCUT2D eigenvalue weighted by molar-refractivity contribution is 7.09. The summed E-state index contributed by atoms with van der Waals surface area (Å²) in [6.45, 7) is 2.24. The van der Waals surface area contributed by atoms with Crippen LogP contribution in [0.15, 0.2) is 35.7 Å². The second kappa shape index (κ2) is 8.96. The topological polar surface area (TPSA) is 80.4 Å². The van der Waals surface area contributed by atoms with Gasteiger partial charge in [-0.05, 0) is 43.0 Å². The van der Waals surface area contributed by atoms with Gasteiger partial charge in [0.05, 0.1) is 0 Å². The van der Waals surface area contributed by atoms with Gasteiger partial charge in [0.1, 0.15) is 21.5 Å². The smallest absolute Gasteiger partial charge is 0.237 e. The molecule has 0 amide bonds. The number of pyridine rings is 1. The molecule has 148 valence electrons. The van der Waals surface area contributed by atoms with E-state index < -0.39 is 12.0 Å². The zero-order chi connectivity index (χ0) is 20.3. The molecule has 0 saturated carbocycles. The molecular weight excluding hydrogens is 424 g/mol. The molecule has 0 aliphatic carbocycles. The number of hydrogen-bond acceptors (Lipinski definition) is 6. The molecule has 1 aromatic carbocycles. The number of halogens is 3. The van der Waals surface area contributed by atoms with Crippen LogP contribution in [0, 0.1) is 5.95 Å². The highest BCUT2D eigenvalue weighted by Gasteiger charge is 2.20. The molecule has 0 radical (unpaired) electrons. The Morgan fingerprint density at radius 2 is 2.11 bits per heavy atom. The Morgan fingerprint density at radius 1 is 1.32 bits per heavy atom. The van der Waals surface area contributed by atoms with Crippen LogP contribution < -0.4 is 15.8 Å². The molecule has 9 heteroatoms. The van der Waals surface area contributed by atoms with Crippen molar-refractivity contribution in [3.05, 3.63) is 62.1 Å². The predicted octanol–water partition coefficient (Wildman–Crippen LogP) is 5.76. The molecule has 0 fully saturated rings. The van der Waals surface area contributed by atoms with E-state index in [2.05, 4.69) is 10.3 Å². The largest absolute Gasteiger partial charge is 0.508 e. The van der Waals surface area contributed by atoms with Crippen molar-refractivity contribution in [2.45, 2.75) is 19.4 Å². The van der Waals surface area contributed by atoms with E-state index in [1.54, 1.807) is 24.3 Å². The molecule has 28 heavy (non-hydrogen) atoms. The molecule has 0 spiro atoms. The van der Waals surface area contributed by atoms with E-state index in [0.29, 0.717) is 17.9 Å². The Hall–Kier alpha value is -2.06. The van der Waals surface area contributed by atoms with Crippen LogP contribution in [0.2, 0.25) is 10.0 Å². The van der Waals surface area contributed by atoms with Gasteiger partial charge in [0.2, 0.25) is 5.95 Å². The summed E-state index contributed by atoms with van der Waals surface area (Å²) in [6, 6.07) is 8.06. The number of phenolic OH excluding ortho intramolecular Hbond substituents is 1. The summed E-state index contributed by atoms with van der Waals surface area (Å²) >= 11 is 14.0. The van der Waals surface area contributed by atoms with Crippen molar-refractivity contribution in [2.75, 3.05) is 11.9 Å². The van der Waals surface area contributed by atoms with Gasteiger partial charge in [-0.3, -0.25) is 0 Å². The van der Waals surface area contributed by atoms with Crippen LogP contribution in [0.5, 0.6) is 17.2 Å². The molecule has 5 nitrogen and oxygen atoms in total. The lowest BCUT2D eigenvalue weighted by Gasteiger charge is -2.15. The summed E-state index contributed by atoms with van der Waals surface area (Å²) in [7, 11) is 0. The number of anilines is 1. The summed E-state index contributed by atoms with van der Waals surface area (Å²) in [5.74, 6) is -0.469. The van der Waals surface area contributed by atoms with Gasteiger partial charge < -0.3 is 20.9 Å². The predicted molar refractivity (Wildman–Crippen MR) is 112 cm³/mol. The number of aromatic hydroxyl groups is 1. The average molecular weight is 442 g/mol. The maximum Gasteiger partial charge on any atom is 0.237 e. The second-order valence-electron chi connectivity index (χ2n) is 6.08. The Bertz CT molecular complexity index is 968. The van der Waals surface area contributed by atoms with Gasteiger partial charge in [-0.25, -0.2) is 0 Å². The first-order chi connectivity index (χ1) is 13.4. The van der Waals surface area contributed by atoms with Crippen molar-refractivity contribution < 1.29 is 14.2 Å². The first-order valence-electron chi connectivity index (χ1n) is 8.44. The fourth-order valence-corrected chi connectivity index (χ4v) is 3.71. The van der Waals surface area contributed by atoms with Gasteiger partial charge in [-0.15, -0.1) is 11.3 Å². The number of aromatic nitrogens is 1. The molecule has 0 bridgehead atoms. The summed E-state index contributed by atoms with van der Waals surface area (Å²) in [5.41, 5.74) is 6.31. The fraction of sp³-hybridized carbons (Fsp3) is 0.211. The number of thiophene rings is 1. The third kappa shape index (κ3) is 4.67. The fourth-order valence-electron chi connectivity index (χ4n) is 2.54. The standard InChI is InChI=1S/C19H18Cl2FN3O2S/c1-10(23)13-9-11(4-5-14(13)26)27-17-15(20)18(22)25-19(16(17)21)24-7-6-12-3-2-8-28-12/h2-5,8-10,26H,6-7,23H2,1H3,(H,24,25). The Balaban J connectivity index is 1.84. The van der Waals surface area contributed by atoms with Gasteiger partial charge in [-0.2, -0.15) is 9.37 Å². The number of ether oxygens (including phenoxy) is 1. The molecule has 1 atom stereocenters. The van der Waals surface area contributed by atoms with Crippen LogP contribution >= 0.6 is 34.5 Å². The van der Waals surface area contributed by atoms with Crippen LogP contribution in [0.3, 0.4) is 0 Å². The molecule has 1 unspecified atom stereocenters. The molecule has 2 aromatic heterocycles. The van der Waals surface area contributed by atoms with Gasteiger partial charge in [0.15, 0.2) is 11.6 Å². The van der Waals surface area contributed by atoms with Crippen molar-refractivity contribution in [1.82, 2.24) is 4.98 Å². The maximum absolute atomic E-state index is 14.2. The number of nitrogens with zero attached hydrogens (tertiary/aromatic N) is 1. The summed E-state index contributed by atoms with van der Waals surface area (Å²) in [6.07, 6.45) is 0.742. The molecular formula is C19H18Cl2FN3O2S. The van der Waals surface area contributed by atoms with Gasteiger partial charge in [0, 0.05) is 23.0 Å². The number of hydrogen-bond donors (Lipinski definition) is 3. The van der Waals surface area contributed by atoms with Crippen LogP contribution in [0.1, 0.15) is 23.4 Å². The number of nitrogens with one attached hydrogen (secondary N) is 1. The Labute approximate surface area is 175 Å². The highest BCUT2D eigenvalue weighted by Crippen LogP contribution is 2.42. The molecule has 0 aliphatic heterocycles. The van der Waals surface area contributed by atoms with E-state index in [0.717, 1.165) is 6.42 Å². The Kier molecular flexibility index (Phi) is 6.61. The highest BCUT2D eigenvalue weighted by atomic mass is 35.5. The molecule has 0 aliphatic rings. The van der Waals surface area contributed by atoms with Crippen LogP contribution in [-0.4, -0.2) is 16.6 Å². The quantitative estimate of drug-likeness (QED) is 0.406. The van der Waals surface area contributed by atoms with E-state index in [-0.39, 0.29) is 27.4 Å². The first-order valence-corrected chi connectivity index (χ1v) is 10.1. The normalized spacial score (nSPS) is 12.0. The second-order valence-corrected chi connectivity index (χ2v) is 7.86. The van der Waals surface area contributed by atoms with Crippen molar-refractivity contribution in [3.63, 3.8) is 0 Å². The molecule has 3 rings (SSSR count). The molecule has 0 saturated heterocycles. The van der Waals surface area contributed by atoms with Crippen molar-refractivity contribution in [3.8, 4) is 17.2 Å². The van der Waals surface area contributed by atoms with Crippen LogP contribution in [-0.2, 0) is 6.42 Å². The minimum atomic E-state index is -0.897. The van der Waals surface area contributed by atoms with Crippen molar-refractivity contribution in [2.24, 2.45) is 5.73 Å². The number of benzene rings is 1. The zero-order valence-corrected chi connectivity index (χ0v) is 17.2. The van der Waals surface area contributed by atoms with E-state index in [4.69, 9.17) is 33.7 Å².